The van der Waals surface area contributed by atoms with Gasteiger partial charge in [-0.15, -0.1) is 11.3 Å². The number of aryl methyl sites for hydroxylation is 1. The molecule has 132 valence electrons. The fraction of sp³-hybridized carbons (Fsp3) is 0.368. The number of benzene rings is 1. The lowest BCUT2D eigenvalue weighted by molar-refractivity contribution is -0.151. The van der Waals surface area contributed by atoms with Gasteiger partial charge in [-0.1, -0.05) is 30.3 Å². The first kappa shape index (κ1) is 17.6. The van der Waals surface area contributed by atoms with Crippen LogP contribution in [-0.2, 0) is 20.7 Å². The van der Waals surface area contributed by atoms with Gasteiger partial charge in [-0.25, -0.2) is 4.79 Å². The number of rotatable bonds is 6. The van der Waals surface area contributed by atoms with Crippen LogP contribution in [0.3, 0.4) is 0 Å². The molecule has 5 nitrogen and oxygen atoms in total. The Morgan fingerprint density at radius 3 is 2.56 bits per heavy atom. The summed E-state index contributed by atoms with van der Waals surface area (Å²) in [7, 11) is 0. The maximum Gasteiger partial charge on any atom is 0.332 e. The summed E-state index contributed by atoms with van der Waals surface area (Å²) in [6.07, 6.45) is -0.0892. The lowest BCUT2D eigenvalue weighted by Crippen LogP contribution is -2.38. The Labute approximate surface area is 150 Å². The van der Waals surface area contributed by atoms with E-state index in [0.29, 0.717) is 19.3 Å². The molecule has 6 heteroatoms. The molecule has 1 amide bonds. The number of carboxylic acids is 1. The molecular formula is C19H21NO4S. The Bertz CT molecular complexity index is 743. The topological polar surface area (TPSA) is 75.6 Å². The van der Waals surface area contributed by atoms with Crippen molar-refractivity contribution in [3.8, 4) is 0 Å². The zero-order valence-electron chi connectivity index (χ0n) is 14.0. The second-order valence-corrected chi connectivity index (χ2v) is 7.20. The van der Waals surface area contributed by atoms with E-state index in [1.807, 2.05) is 48.7 Å². The van der Waals surface area contributed by atoms with Crippen molar-refractivity contribution in [1.29, 1.82) is 0 Å². The minimum Gasteiger partial charge on any atom is -0.479 e. The Morgan fingerprint density at radius 2 is 1.96 bits per heavy atom. The first-order chi connectivity index (χ1) is 12.0. The highest BCUT2D eigenvalue weighted by atomic mass is 32.1. The van der Waals surface area contributed by atoms with Crippen LogP contribution < -0.4 is 5.32 Å². The van der Waals surface area contributed by atoms with Crippen LogP contribution in [-0.4, -0.2) is 29.2 Å². The maximum atomic E-state index is 12.6. The van der Waals surface area contributed by atoms with E-state index in [2.05, 4.69) is 5.32 Å². The Morgan fingerprint density at radius 1 is 1.24 bits per heavy atom. The Kier molecular flexibility index (Phi) is 5.50. The quantitative estimate of drug-likeness (QED) is 0.831. The van der Waals surface area contributed by atoms with Crippen LogP contribution in [0.15, 0.2) is 41.8 Å². The number of amides is 1. The summed E-state index contributed by atoms with van der Waals surface area (Å²) < 4.78 is 5.38. The largest absolute Gasteiger partial charge is 0.479 e. The second kappa shape index (κ2) is 7.80. The van der Waals surface area contributed by atoms with Gasteiger partial charge >= 0.3 is 5.97 Å². The molecule has 3 rings (SSSR count). The van der Waals surface area contributed by atoms with Crippen molar-refractivity contribution in [1.82, 2.24) is 5.32 Å². The predicted octanol–water partition coefficient (Wildman–Crippen LogP) is 3.09. The number of hydrogen-bond acceptors (Lipinski definition) is 4. The summed E-state index contributed by atoms with van der Waals surface area (Å²) in [6.45, 7) is 2.03. The van der Waals surface area contributed by atoms with Gasteiger partial charge in [-0.05, 0) is 48.8 Å². The molecule has 2 heterocycles. The number of carboxylic acid groups (broad SMARTS) is 1. The Balaban J connectivity index is 1.73. The van der Waals surface area contributed by atoms with E-state index in [1.54, 1.807) is 11.3 Å². The number of hydrogen-bond donors (Lipinski definition) is 2. The van der Waals surface area contributed by atoms with Crippen LogP contribution in [0.25, 0.3) is 0 Å². The number of ether oxygens (including phenoxy) is 1. The van der Waals surface area contributed by atoms with E-state index in [1.165, 1.54) is 0 Å². The number of carbonyl (C=O) groups excluding carboxylic acids is 1. The van der Waals surface area contributed by atoms with Crippen molar-refractivity contribution < 1.29 is 19.4 Å². The average molecular weight is 359 g/mol. The van der Waals surface area contributed by atoms with Gasteiger partial charge in [0.25, 0.3) is 0 Å². The number of aliphatic carboxylic acids is 1. The summed E-state index contributed by atoms with van der Waals surface area (Å²) >= 11 is 1.62. The highest BCUT2D eigenvalue weighted by molar-refractivity contribution is 7.10. The molecule has 1 aromatic heterocycles. The molecule has 1 saturated heterocycles. The fourth-order valence-corrected chi connectivity index (χ4v) is 4.06. The molecule has 25 heavy (non-hydrogen) atoms. The first-order valence-corrected chi connectivity index (χ1v) is 9.19. The molecule has 1 aliphatic heterocycles. The van der Waals surface area contributed by atoms with Gasteiger partial charge in [0, 0.05) is 4.88 Å². The first-order valence-electron chi connectivity index (χ1n) is 8.31. The summed E-state index contributed by atoms with van der Waals surface area (Å²) in [5, 5.41) is 14.1. The number of nitrogens with one attached hydrogen (secondary N) is 1. The van der Waals surface area contributed by atoms with E-state index < -0.39 is 18.2 Å². The van der Waals surface area contributed by atoms with Crippen LogP contribution in [0.1, 0.15) is 34.9 Å². The third kappa shape index (κ3) is 4.27. The molecule has 0 saturated carbocycles. The molecule has 0 radical (unpaired) electrons. The molecule has 2 aromatic rings. The van der Waals surface area contributed by atoms with E-state index in [-0.39, 0.29) is 11.9 Å². The molecule has 0 spiro atoms. The average Bonchev–Trinajstić information content (AvgIpc) is 3.24. The van der Waals surface area contributed by atoms with E-state index in [9.17, 15) is 9.59 Å². The summed E-state index contributed by atoms with van der Waals surface area (Å²) in [5.74, 6) is -1.25. The summed E-state index contributed by atoms with van der Waals surface area (Å²) in [6, 6.07) is 11.9. The zero-order valence-corrected chi connectivity index (χ0v) is 14.8. The fourth-order valence-electron chi connectivity index (χ4n) is 3.08. The lowest BCUT2D eigenvalue weighted by Gasteiger charge is -2.21. The molecule has 1 fully saturated rings. The minimum atomic E-state index is -1.01. The summed E-state index contributed by atoms with van der Waals surface area (Å²) in [4.78, 5) is 24.7. The molecule has 1 aliphatic rings. The van der Waals surface area contributed by atoms with Crippen molar-refractivity contribution >= 4 is 23.2 Å². The minimum absolute atomic E-state index is 0.151. The molecule has 0 bridgehead atoms. The molecule has 3 atom stereocenters. The molecule has 2 N–H and O–H groups in total. The van der Waals surface area contributed by atoms with Gasteiger partial charge in [-0.3, -0.25) is 4.79 Å². The van der Waals surface area contributed by atoms with Crippen molar-refractivity contribution in [2.24, 2.45) is 0 Å². The monoisotopic (exact) mass is 359 g/mol. The number of thiophene rings is 1. The maximum absolute atomic E-state index is 12.6. The van der Waals surface area contributed by atoms with Crippen LogP contribution in [0.5, 0.6) is 0 Å². The van der Waals surface area contributed by atoms with Gasteiger partial charge in [0.1, 0.15) is 6.10 Å². The second-order valence-electron chi connectivity index (χ2n) is 6.25. The van der Waals surface area contributed by atoms with Crippen LogP contribution in [0.4, 0.5) is 0 Å². The van der Waals surface area contributed by atoms with Gasteiger partial charge < -0.3 is 15.2 Å². The van der Waals surface area contributed by atoms with Crippen molar-refractivity contribution in [3.63, 3.8) is 0 Å². The molecule has 1 aromatic carbocycles. The lowest BCUT2D eigenvalue weighted by atomic mass is 10.0. The number of carbonyl (C=O) groups is 2. The van der Waals surface area contributed by atoms with Crippen molar-refractivity contribution in [3.05, 3.63) is 57.8 Å². The smallest absolute Gasteiger partial charge is 0.332 e. The third-order valence-corrected chi connectivity index (χ3v) is 5.54. The van der Waals surface area contributed by atoms with Gasteiger partial charge in [-0.2, -0.15) is 0 Å². The Hall–Kier alpha value is -2.18. The van der Waals surface area contributed by atoms with E-state index in [4.69, 9.17) is 9.84 Å². The van der Waals surface area contributed by atoms with Crippen LogP contribution >= 0.6 is 11.3 Å². The van der Waals surface area contributed by atoms with Gasteiger partial charge in [0.05, 0.1) is 6.04 Å². The van der Waals surface area contributed by atoms with Crippen molar-refractivity contribution in [2.75, 3.05) is 0 Å². The van der Waals surface area contributed by atoms with E-state index in [0.717, 1.165) is 16.0 Å². The van der Waals surface area contributed by atoms with Gasteiger partial charge in [0.15, 0.2) is 6.10 Å². The molecule has 1 unspecified atom stereocenters. The highest BCUT2D eigenvalue weighted by Gasteiger charge is 2.35. The highest BCUT2D eigenvalue weighted by Crippen LogP contribution is 2.28. The molecule has 0 aliphatic carbocycles. The molecular weight excluding hydrogens is 338 g/mol. The third-order valence-electron chi connectivity index (χ3n) is 4.40. The van der Waals surface area contributed by atoms with Crippen LogP contribution in [0, 0.1) is 6.92 Å². The van der Waals surface area contributed by atoms with Gasteiger partial charge in [0.2, 0.25) is 5.91 Å². The van der Waals surface area contributed by atoms with Crippen LogP contribution in [0.2, 0.25) is 0 Å². The summed E-state index contributed by atoms with van der Waals surface area (Å²) in [5.41, 5.74) is 2.28. The normalized spacial score (nSPS) is 21.0. The van der Waals surface area contributed by atoms with Crippen molar-refractivity contribution in [2.45, 2.75) is 44.4 Å². The zero-order chi connectivity index (χ0) is 17.8. The SMILES string of the molecule is Cc1ccsc1C(Cc1ccccc1)NC(=O)[C@@H]1CC[C@H](C(=O)O)O1. The predicted molar refractivity (Wildman–Crippen MR) is 95.6 cm³/mol. The standard InChI is InChI=1S/C19H21NO4S/c1-12-9-10-25-17(12)14(11-13-5-3-2-4-6-13)20-18(21)15-7-8-16(24-15)19(22)23/h2-6,9-10,14-16H,7-8,11H2,1H3,(H,20,21)(H,22,23)/t14?,15-,16+/m0/s1. The van der Waals surface area contributed by atoms with E-state index >= 15 is 0 Å².